The second-order valence-electron chi connectivity index (χ2n) is 4.17. The first-order chi connectivity index (χ1) is 9.41. The van der Waals surface area contributed by atoms with Gasteiger partial charge in [-0.05, 0) is 11.6 Å². The summed E-state index contributed by atoms with van der Waals surface area (Å²) in [7, 11) is 0. The Bertz CT molecular complexity index is 682. The predicted octanol–water partition coefficient (Wildman–Crippen LogP) is -1.06. The minimum atomic E-state index is -2.47. The predicted molar refractivity (Wildman–Crippen MR) is 67.0 cm³/mol. The Kier molecular flexibility index (Phi) is 3.65. The van der Waals surface area contributed by atoms with Crippen LogP contribution in [0.1, 0.15) is 0 Å². The largest absolute Gasteiger partial charge is 0.393 e. The van der Waals surface area contributed by atoms with Crippen molar-refractivity contribution in [3.05, 3.63) is 37.8 Å². The number of aliphatic hydroxyl groups excluding tert-OH is 2. The number of H-pyrrole nitrogens is 1. The van der Waals surface area contributed by atoms with Gasteiger partial charge in [-0.2, -0.15) is 0 Å². The van der Waals surface area contributed by atoms with Crippen LogP contribution in [-0.2, 0) is 10.5 Å². The molecular formula is C9H11N5O5S. The molecule has 2 heterocycles. The summed E-state index contributed by atoms with van der Waals surface area (Å²) in [6, 6.07) is 1.29. The second-order valence-corrected chi connectivity index (χ2v) is 4.60. The number of azide groups is 1. The molecule has 0 saturated carbocycles. The maximum Gasteiger partial charge on any atom is 0.329 e. The van der Waals surface area contributed by atoms with Crippen LogP contribution in [0.5, 0.6) is 0 Å². The number of nitrogens with zero attached hydrogens (tertiary/aromatic N) is 4. The van der Waals surface area contributed by atoms with E-state index >= 15 is 0 Å². The Morgan fingerprint density at radius 3 is 3.00 bits per heavy atom. The molecule has 11 heteroatoms. The molecule has 1 aliphatic rings. The van der Waals surface area contributed by atoms with Gasteiger partial charge < -0.3 is 20.1 Å². The van der Waals surface area contributed by atoms with Crippen molar-refractivity contribution in [2.75, 3.05) is 13.2 Å². The monoisotopic (exact) mass is 301 g/mol. The van der Waals surface area contributed by atoms with Crippen molar-refractivity contribution in [3.63, 3.8) is 0 Å². The first-order valence-electron chi connectivity index (χ1n) is 5.45. The van der Waals surface area contributed by atoms with E-state index < -0.39 is 36.5 Å². The fourth-order valence-electron chi connectivity index (χ4n) is 2.10. The molecule has 0 spiro atoms. The number of rotatable bonds is 3. The summed E-state index contributed by atoms with van der Waals surface area (Å²) < 4.78 is 5.81. The van der Waals surface area contributed by atoms with Crippen molar-refractivity contribution in [2.45, 2.75) is 17.6 Å². The van der Waals surface area contributed by atoms with E-state index in [9.17, 15) is 20.1 Å². The zero-order valence-corrected chi connectivity index (χ0v) is 10.8. The van der Waals surface area contributed by atoms with E-state index in [-0.39, 0.29) is 4.64 Å². The van der Waals surface area contributed by atoms with E-state index in [1.54, 1.807) is 0 Å². The van der Waals surface area contributed by atoms with Crippen LogP contribution in [0.25, 0.3) is 10.4 Å². The van der Waals surface area contributed by atoms with Gasteiger partial charge in [-0.25, -0.2) is 4.79 Å². The van der Waals surface area contributed by atoms with Gasteiger partial charge in [0.25, 0.3) is 0 Å². The third-order valence-electron chi connectivity index (χ3n) is 3.13. The molecular weight excluding hydrogens is 290 g/mol. The van der Waals surface area contributed by atoms with Crippen LogP contribution in [0.3, 0.4) is 0 Å². The Labute approximate surface area is 116 Å². The van der Waals surface area contributed by atoms with Gasteiger partial charge >= 0.3 is 5.69 Å². The molecule has 10 nitrogen and oxygen atoms in total. The smallest absolute Gasteiger partial charge is 0.329 e. The molecule has 20 heavy (non-hydrogen) atoms. The highest BCUT2D eigenvalue weighted by molar-refractivity contribution is 7.71. The van der Waals surface area contributed by atoms with Gasteiger partial charge in [0.2, 0.25) is 11.4 Å². The van der Waals surface area contributed by atoms with Crippen LogP contribution in [0.15, 0.2) is 22.2 Å². The molecule has 0 radical (unpaired) electrons. The van der Waals surface area contributed by atoms with Crippen LogP contribution < -0.4 is 5.69 Å². The van der Waals surface area contributed by atoms with E-state index in [0.717, 1.165) is 6.20 Å². The fourth-order valence-corrected chi connectivity index (χ4v) is 2.25. The van der Waals surface area contributed by atoms with Crippen molar-refractivity contribution < 1.29 is 20.1 Å². The summed E-state index contributed by atoms with van der Waals surface area (Å²) >= 11 is 4.76. The third kappa shape index (κ3) is 1.85. The zero-order chi connectivity index (χ0) is 15.0. The summed E-state index contributed by atoms with van der Waals surface area (Å²) in [5.74, 6) is 0. The maximum absolute atomic E-state index is 11.9. The van der Waals surface area contributed by atoms with Crippen LogP contribution in [-0.4, -0.2) is 49.9 Å². The third-order valence-corrected chi connectivity index (χ3v) is 3.37. The van der Waals surface area contributed by atoms with E-state index in [0.29, 0.717) is 4.57 Å². The van der Waals surface area contributed by atoms with Gasteiger partial charge in [0.1, 0.15) is 10.7 Å². The van der Waals surface area contributed by atoms with Crippen molar-refractivity contribution in [2.24, 2.45) is 5.11 Å². The lowest BCUT2D eigenvalue weighted by Gasteiger charge is -2.37. The highest BCUT2D eigenvalue weighted by Crippen LogP contribution is 2.40. The van der Waals surface area contributed by atoms with Crippen LogP contribution in [0, 0.1) is 4.64 Å². The van der Waals surface area contributed by atoms with Crippen LogP contribution in [0.4, 0.5) is 0 Å². The van der Waals surface area contributed by atoms with Gasteiger partial charge in [0.15, 0.2) is 0 Å². The molecule has 4 N–H and O–H groups in total. The molecule has 0 amide bonds. The Morgan fingerprint density at radius 2 is 2.45 bits per heavy atom. The van der Waals surface area contributed by atoms with Gasteiger partial charge in [-0.1, -0.05) is 17.3 Å². The Morgan fingerprint density at radius 1 is 1.75 bits per heavy atom. The molecule has 1 aromatic rings. The van der Waals surface area contributed by atoms with Gasteiger partial charge in [0.05, 0.1) is 13.2 Å². The second kappa shape index (κ2) is 4.98. The number of aliphatic hydroxyl groups is 3. The first-order valence-corrected chi connectivity index (χ1v) is 5.86. The number of nitrogens with one attached hydrogen (secondary N) is 1. The van der Waals surface area contributed by atoms with Crippen molar-refractivity contribution in [1.29, 1.82) is 0 Å². The van der Waals surface area contributed by atoms with E-state index in [1.165, 1.54) is 6.07 Å². The number of ether oxygens (including phenoxy) is 1. The Balaban J connectivity index is 2.73. The molecule has 0 aliphatic carbocycles. The lowest BCUT2D eigenvalue weighted by molar-refractivity contribution is -0.207. The summed E-state index contributed by atoms with van der Waals surface area (Å²) in [4.78, 5) is 16.6. The number of hydrogen-bond donors (Lipinski definition) is 4. The number of aromatic nitrogens is 2. The lowest BCUT2D eigenvalue weighted by atomic mass is 9.97. The van der Waals surface area contributed by atoms with Gasteiger partial charge in [-0.15, -0.1) is 0 Å². The zero-order valence-electron chi connectivity index (χ0n) is 10.0. The highest BCUT2D eigenvalue weighted by Gasteiger charge is 2.63. The molecule has 0 bridgehead atoms. The minimum absolute atomic E-state index is 0.113. The molecule has 1 aliphatic heterocycles. The minimum Gasteiger partial charge on any atom is -0.393 e. The molecule has 0 unspecified atom stereocenters. The molecule has 1 aromatic heterocycles. The van der Waals surface area contributed by atoms with Gasteiger partial charge in [-0.3, -0.25) is 9.55 Å². The first kappa shape index (κ1) is 14.7. The average molecular weight is 301 g/mol. The molecule has 2 rings (SSSR count). The van der Waals surface area contributed by atoms with E-state index in [1.807, 2.05) is 0 Å². The maximum atomic E-state index is 11.9. The fraction of sp³-hybridized carbons (Fsp3) is 0.556. The topological polar surface area (TPSA) is 156 Å². The average Bonchev–Trinajstić information content (AvgIpc) is 2.65. The van der Waals surface area contributed by atoms with E-state index in [4.69, 9.17) is 22.5 Å². The summed E-state index contributed by atoms with van der Waals surface area (Å²) in [5, 5.41) is 33.2. The number of aromatic amines is 1. The quantitative estimate of drug-likeness (QED) is 0.241. The van der Waals surface area contributed by atoms with Crippen molar-refractivity contribution in [3.8, 4) is 0 Å². The molecule has 108 valence electrons. The normalized spacial score (nSPS) is 32.9. The van der Waals surface area contributed by atoms with Crippen LogP contribution >= 0.6 is 12.2 Å². The van der Waals surface area contributed by atoms with Crippen LogP contribution in [0.2, 0.25) is 0 Å². The molecule has 0 aromatic carbocycles. The summed E-state index contributed by atoms with van der Waals surface area (Å²) in [5.41, 5.74) is 3.02. The lowest BCUT2D eigenvalue weighted by Crippen LogP contribution is -2.61. The highest BCUT2D eigenvalue weighted by atomic mass is 32.1. The Hall–Kier alpha value is -1.75. The van der Waals surface area contributed by atoms with Gasteiger partial charge in [0, 0.05) is 11.1 Å². The van der Waals surface area contributed by atoms with Crippen molar-refractivity contribution in [1.82, 2.24) is 9.55 Å². The number of hydrogen-bond acceptors (Lipinski definition) is 7. The SMILES string of the molecule is [N-]=[N+]=N[C@]1(CO)OC[C@H](O)[C@@]1(O)n1ccc(=S)[nH]c1=O. The molecule has 3 atom stereocenters. The molecule has 1 fully saturated rings. The summed E-state index contributed by atoms with van der Waals surface area (Å²) in [6.07, 6.45) is -0.488. The van der Waals surface area contributed by atoms with E-state index in [2.05, 4.69) is 15.0 Å². The molecule has 1 saturated heterocycles. The standard InChI is InChI=1S/C9H11N5O5S/c10-13-12-8(4-15)9(18,5(16)3-19-8)14-2-1-6(20)11-7(14)17/h1-2,5,15-16,18H,3-4H2,(H,11,17,20)/t5-,8+,9-/m0/s1. The van der Waals surface area contributed by atoms with Crippen molar-refractivity contribution >= 4 is 12.2 Å². The summed E-state index contributed by atoms with van der Waals surface area (Å²) in [6.45, 7) is -1.37.